The zero-order valence-corrected chi connectivity index (χ0v) is 20.6. The first-order valence-corrected chi connectivity index (χ1v) is 11.2. The summed E-state index contributed by atoms with van der Waals surface area (Å²) in [6.07, 6.45) is 0. The molecular weight excluding hydrogens is 471 g/mol. The Kier molecular flexibility index (Phi) is 9.99. The van der Waals surface area contributed by atoms with E-state index in [2.05, 4.69) is 25.6 Å². The van der Waals surface area contributed by atoms with Gasteiger partial charge in [-0.3, -0.25) is 18.9 Å². The molecule has 0 bridgehead atoms. The molecule has 1 saturated heterocycles. The van der Waals surface area contributed by atoms with Crippen LogP contribution in [0.5, 0.6) is 0 Å². The molecule has 1 aliphatic heterocycles. The zero-order chi connectivity index (χ0) is 21.8. The Bertz CT molecular complexity index is 944. The smallest absolute Gasteiger partial charge is 1.00 e. The van der Waals surface area contributed by atoms with Crippen LogP contribution in [0.1, 0.15) is 14.0 Å². The number of nitrogens with two attached hydrogens (primary N) is 1. The van der Waals surface area contributed by atoms with E-state index in [0.717, 1.165) is 23.1 Å². The maximum atomic E-state index is 12.6. The Balaban J connectivity index is 0.00000450. The van der Waals surface area contributed by atoms with Crippen molar-refractivity contribution in [1.82, 2.24) is 19.9 Å². The molecule has 13 nitrogen and oxygen atoms in total. The van der Waals surface area contributed by atoms with E-state index < -0.39 is 33.5 Å². The Labute approximate surface area is 203 Å². The van der Waals surface area contributed by atoms with Gasteiger partial charge in [-0.2, -0.15) is 12.7 Å². The second-order valence-corrected chi connectivity index (χ2v) is 8.90. The second kappa shape index (κ2) is 11.3. The van der Waals surface area contributed by atoms with Crippen LogP contribution in [0, 0.1) is 0 Å². The molecule has 2 rings (SSSR count). The second-order valence-electron chi connectivity index (χ2n) is 5.50. The minimum absolute atomic E-state index is 0. The van der Waals surface area contributed by atoms with Gasteiger partial charge in [0.1, 0.15) is 24.2 Å². The van der Waals surface area contributed by atoms with Gasteiger partial charge in [0, 0.05) is 24.6 Å². The first-order valence-electron chi connectivity index (χ1n) is 7.86. The molecule has 17 heteroatoms. The number of nitrogens with zero attached hydrogens (tertiary/aromatic N) is 3. The summed E-state index contributed by atoms with van der Waals surface area (Å²) in [4.78, 5) is 44.2. The predicted molar refractivity (Wildman–Crippen MR) is 106 cm³/mol. The molecule has 0 unspecified atom stereocenters. The number of nitrogen functional groups attached to an aromatic ring is 1. The molecule has 2 atom stereocenters. The van der Waals surface area contributed by atoms with Crippen molar-refractivity contribution in [3.05, 3.63) is 11.1 Å². The normalized spacial score (nSPS) is 18.8. The molecule has 0 aromatic carbocycles. The van der Waals surface area contributed by atoms with Crippen LogP contribution in [-0.2, 0) is 29.5 Å². The van der Waals surface area contributed by atoms with E-state index in [4.69, 9.17) is 5.73 Å². The van der Waals surface area contributed by atoms with Gasteiger partial charge in [0.25, 0.3) is 11.8 Å². The van der Waals surface area contributed by atoms with Crippen molar-refractivity contribution >= 4 is 62.0 Å². The molecule has 2 heterocycles. The van der Waals surface area contributed by atoms with Gasteiger partial charge >= 0.3 is 39.9 Å². The van der Waals surface area contributed by atoms with Crippen molar-refractivity contribution < 1.29 is 63.2 Å². The van der Waals surface area contributed by atoms with E-state index in [0.29, 0.717) is 0 Å². The van der Waals surface area contributed by atoms with E-state index in [1.807, 2.05) is 0 Å². The molecule has 3 amide bonds. The molecule has 30 heavy (non-hydrogen) atoms. The van der Waals surface area contributed by atoms with Gasteiger partial charge in [0.05, 0.1) is 0 Å². The van der Waals surface area contributed by atoms with Gasteiger partial charge in [-0.05, 0) is 0 Å². The molecule has 1 fully saturated rings. The minimum Gasteiger partial charge on any atom is -1.00 e. The number of rotatable bonds is 9. The van der Waals surface area contributed by atoms with E-state index in [1.54, 1.807) is 0 Å². The molecule has 1 aromatic rings. The average Bonchev–Trinajstić information content (AvgIpc) is 3.04. The maximum Gasteiger partial charge on any atom is 1.00 e. The number of carbonyl (C=O) groups is 3. The number of β-lactam (4-membered cyclic amide) rings is 1. The zero-order valence-electron chi connectivity index (χ0n) is 17.2. The Morgan fingerprint density at radius 3 is 2.70 bits per heavy atom. The molecule has 0 radical (unpaired) electrons. The van der Waals surface area contributed by atoms with Gasteiger partial charge in [-0.15, -0.1) is 23.1 Å². The van der Waals surface area contributed by atoms with Crippen molar-refractivity contribution in [2.24, 2.45) is 5.16 Å². The summed E-state index contributed by atoms with van der Waals surface area (Å²) in [5.41, 5.74) is 5.39. The number of hydrogen-bond acceptors (Lipinski definition) is 11. The van der Waals surface area contributed by atoms with E-state index >= 15 is 0 Å². The molecule has 162 valence electrons. The summed E-state index contributed by atoms with van der Waals surface area (Å²) in [7, 11) is -3.62. The number of nitrogens with one attached hydrogen (secondary N) is 2. The summed E-state index contributed by atoms with van der Waals surface area (Å²) >= 11 is 2.01. The third-order valence-electron chi connectivity index (χ3n) is 3.46. The summed E-state index contributed by atoms with van der Waals surface area (Å²) in [5.74, 6) is -1.93. The first kappa shape index (κ1) is 26.6. The van der Waals surface area contributed by atoms with Crippen LogP contribution >= 0.6 is 23.1 Å². The number of aromatic nitrogens is 1. The molecule has 0 saturated carbocycles. The van der Waals surface area contributed by atoms with Crippen LogP contribution in [0.4, 0.5) is 5.13 Å². The Morgan fingerprint density at radius 1 is 1.53 bits per heavy atom. The number of anilines is 1. The first-order chi connectivity index (χ1) is 13.6. The van der Waals surface area contributed by atoms with Crippen molar-refractivity contribution in [3.8, 4) is 0 Å². The van der Waals surface area contributed by atoms with Crippen LogP contribution in [0.25, 0.3) is 0 Å². The van der Waals surface area contributed by atoms with Gasteiger partial charge in [0.2, 0.25) is 5.91 Å². The monoisotopic (exact) mass is 490 g/mol. The topological polar surface area (TPSA) is 193 Å². The van der Waals surface area contributed by atoms with Crippen LogP contribution in [0.2, 0.25) is 0 Å². The third-order valence-corrected chi connectivity index (χ3v) is 6.44. The van der Waals surface area contributed by atoms with Crippen molar-refractivity contribution in [3.63, 3.8) is 0 Å². The van der Waals surface area contributed by atoms with Crippen LogP contribution in [0.15, 0.2) is 10.5 Å². The SMILES string of the molecule is CON=C(C(=O)N[C@@H]1C(=O)N(S(=O)(=O)O)[C@@H]1SCCNC(C)=O)c1csc(N)n1.[H-].[Na+]. The van der Waals surface area contributed by atoms with E-state index in [-0.39, 0.29) is 70.0 Å². The van der Waals surface area contributed by atoms with Crippen molar-refractivity contribution in [2.75, 3.05) is 25.1 Å². The largest absolute Gasteiger partial charge is 1.00 e. The van der Waals surface area contributed by atoms with Crippen LogP contribution < -0.4 is 45.9 Å². The predicted octanol–water partition coefficient (Wildman–Crippen LogP) is -4.48. The van der Waals surface area contributed by atoms with Crippen LogP contribution in [-0.4, -0.2) is 76.5 Å². The van der Waals surface area contributed by atoms with Gasteiger partial charge < -0.3 is 22.6 Å². The number of amides is 3. The quantitative estimate of drug-likeness (QED) is 0.0655. The minimum atomic E-state index is -4.82. The van der Waals surface area contributed by atoms with E-state index in [9.17, 15) is 27.4 Å². The van der Waals surface area contributed by atoms with Gasteiger partial charge in [0.15, 0.2) is 10.8 Å². The van der Waals surface area contributed by atoms with Crippen molar-refractivity contribution in [2.45, 2.75) is 18.3 Å². The summed E-state index contributed by atoms with van der Waals surface area (Å²) in [6, 6.07) is -1.26. The number of oxime groups is 1. The number of thioether (sulfide) groups is 1. The molecule has 0 spiro atoms. The maximum absolute atomic E-state index is 12.6. The number of carbonyl (C=O) groups excluding carboxylic acids is 3. The summed E-state index contributed by atoms with van der Waals surface area (Å²) < 4.78 is 32.5. The fourth-order valence-electron chi connectivity index (χ4n) is 2.29. The Hall–Kier alpha value is -1.43. The molecular formula is C13H19N6NaO7S3. The fraction of sp³-hybridized carbons (Fsp3) is 0.462. The summed E-state index contributed by atoms with van der Waals surface area (Å²) in [6.45, 7) is 1.51. The third kappa shape index (κ3) is 6.53. The molecule has 1 aromatic heterocycles. The molecule has 1 aliphatic rings. The van der Waals surface area contributed by atoms with Gasteiger partial charge in [-0.25, -0.2) is 4.98 Å². The number of hydrogen-bond donors (Lipinski definition) is 4. The molecule has 5 N–H and O–H groups in total. The Morgan fingerprint density at radius 2 is 2.20 bits per heavy atom. The average molecular weight is 491 g/mol. The van der Waals surface area contributed by atoms with E-state index in [1.165, 1.54) is 19.4 Å². The van der Waals surface area contributed by atoms with Crippen molar-refractivity contribution in [1.29, 1.82) is 0 Å². The molecule has 0 aliphatic carbocycles. The number of thiazole rings is 1. The summed E-state index contributed by atoms with van der Waals surface area (Å²) in [5, 5.41) is 8.98. The van der Waals surface area contributed by atoms with Gasteiger partial charge in [-0.1, -0.05) is 5.16 Å². The standard InChI is InChI=1S/C13H18N6O7S3.Na.H/c1-6(20)15-3-4-27-12-9(11(22)19(12)29(23,24)25)17-10(21)8(18-26-2)7-5-28-13(14)16-7;;/h5,9,12H,3-4H2,1-2H3,(H2,14,16)(H,15,20)(H,17,21)(H,23,24,25);;/q;+1;-1/t9-,12-;;/m1../s1. The van der Waals surface area contributed by atoms with Crippen LogP contribution in [0.3, 0.4) is 0 Å². The fourth-order valence-corrected chi connectivity index (χ4v) is 5.15.